The predicted molar refractivity (Wildman–Crippen MR) is 71.9 cm³/mol. The van der Waals surface area contributed by atoms with Gasteiger partial charge in [0.1, 0.15) is 0 Å². The molecule has 0 atom stereocenters. The summed E-state index contributed by atoms with van der Waals surface area (Å²) in [6.45, 7) is 0.508. The molecule has 0 spiro atoms. The highest BCUT2D eigenvalue weighted by Crippen LogP contribution is 2.36. The highest BCUT2D eigenvalue weighted by atomic mass is 16.1. The number of aromatic amines is 1. The van der Waals surface area contributed by atoms with Gasteiger partial charge in [-0.2, -0.15) is 0 Å². The molecule has 1 aromatic carbocycles. The molecule has 19 heavy (non-hydrogen) atoms. The molecule has 2 heterocycles. The quantitative estimate of drug-likeness (QED) is 0.531. The van der Waals surface area contributed by atoms with E-state index in [1.54, 1.807) is 6.20 Å². The number of nitrogens with two attached hydrogens (primary N) is 1. The Morgan fingerprint density at radius 2 is 2.32 bits per heavy atom. The third kappa shape index (κ3) is 1.27. The lowest BCUT2D eigenvalue weighted by molar-refractivity contribution is 0.980. The third-order valence-corrected chi connectivity index (χ3v) is 3.77. The molecular formula is C14H12N4O. The molecule has 5 heteroatoms. The third-order valence-electron chi connectivity index (χ3n) is 3.77. The van der Waals surface area contributed by atoms with E-state index >= 15 is 0 Å². The summed E-state index contributed by atoms with van der Waals surface area (Å²) in [5, 5.41) is 0. The number of H-pyrrole nitrogens is 1. The molecule has 1 aliphatic rings. The van der Waals surface area contributed by atoms with Gasteiger partial charge < -0.3 is 10.7 Å². The Balaban J connectivity index is 2.11. The van der Waals surface area contributed by atoms with Gasteiger partial charge in [0.05, 0.1) is 11.4 Å². The zero-order valence-electron chi connectivity index (χ0n) is 10.2. The molecule has 0 saturated heterocycles. The van der Waals surface area contributed by atoms with Gasteiger partial charge in [0.2, 0.25) is 5.65 Å². The van der Waals surface area contributed by atoms with Gasteiger partial charge in [0.25, 0.3) is 5.56 Å². The topological polar surface area (TPSA) is 76.2 Å². The predicted octanol–water partition coefficient (Wildman–Crippen LogP) is 1.05. The van der Waals surface area contributed by atoms with E-state index in [-0.39, 0.29) is 5.56 Å². The normalized spacial score (nSPS) is 12.7. The Morgan fingerprint density at radius 3 is 3.16 bits per heavy atom. The van der Waals surface area contributed by atoms with Gasteiger partial charge in [-0.15, -0.1) is 0 Å². The van der Waals surface area contributed by atoms with Gasteiger partial charge >= 0.3 is 0 Å². The Morgan fingerprint density at radius 1 is 1.42 bits per heavy atom. The summed E-state index contributed by atoms with van der Waals surface area (Å²) in [7, 11) is 0. The molecule has 3 aromatic rings. The van der Waals surface area contributed by atoms with Gasteiger partial charge in [-0.25, -0.2) is 4.98 Å². The van der Waals surface area contributed by atoms with Crippen LogP contribution in [-0.4, -0.2) is 14.4 Å². The Labute approximate surface area is 108 Å². The summed E-state index contributed by atoms with van der Waals surface area (Å²) in [6, 6.07) is 6.04. The fourth-order valence-electron chi connectivity index (χ4n) is 2.88. The van der Waals surface area contributed by atoms with E-state index < -0.39 is 0 Å². The minimum absolute atomic E-state index is 0.158. The lowest BCUT2D eigenvalue weighted by atomic mass is 10.0. The number of fused-ring (bicyclic) bond motifs is 5. The van der Waals surface area contributed by atoms with E-state index in [0.717, 1.165) is 28.9 Å². The van der Waals surface area contributed by atoms with Crippen molar-refractivity contribution in [3.05, 3.63) is 57.8 Å². The average Bonchev–Trinajstić information content (AvgIpc) is 3.03. The van der Waals surface area contributed by atoms with Crippen LogP contribution in [-0.2, 0) is 13.0 Å². The molecule has 3 N–H and O–H groups in total. The standard InChI is InChI=1S/C14H12N4O/c15-7-8-2-1-3-9-10(8)6-11-12(9)17-14(19)13-16-4-5-18(11)13/h1-5H,6-7,15H2,(H,17,19). The summed E-state index contributed by atoms with van der Waals surface area (Å²) in [5.41, 5.74) is 11.4. The second-order valence-electron chi connectivity index (χ2n) is 4.72. The summed E-state index contributed by atoms with van der Waals surface area (Å²) < 4.78 is 1.87. The number of rotatable bonds is 1. The molecule has 0 radical (unpaired) electrons. The second kappa shape index (κ2) is 3.55. The van der Waals surface area contributed by atoms with Crippen LogP contribution in [0.1, 0.15) is 16.8 Å². The smallest absolute Gasteiger partial charge is 0.292 e. The van der Waals surface area contributed by atoms with E-state index in [0.29, 0.717) is 12.2 Å². The maximum atomic E-state index is 12.0. The van der Waals surface area contributed by atoms with Crippen LogP contribution in [0.15, 0.2) is 35.4 Å². The number of imidazole rings is 1. The van der Waals surface area contributed by atoms with Crippen LogP contribution >= 0.6 is 0 Å². The van der Waals surface area contributed by atoms with Crippen molar-refractivity contribution in [3.8, 4) is 11.3 Å². The lowest BCUT2D eigenvalue weighted by Crippen LogP contribution is -2.13. The molecule has 1 aliphatic carbocycles. The Bertz CT molecular complexity index is 859. The molecule has 0 saturated carbocycles. The second-order valence-corrected chi connectivity index (χ2v) is 4.72. The molecule has 0 unspecified atom stereocenters. The number of hydrogen-bond acceptors (Lipinski definition) is 3. The number of nitrogens with one attached hydrogen (secondary N) is 1. The molecular weight excluding hydrogens is 240 g/mol. The summed E-state index contributed by atoms with van der Waals surface area (Å²) in [4.78, 5) is 19.0. The molecule has 0 fully saturated rings. The first-order valence-electron chi connectivity index (χ1n) is 6.19. The largest absolute Gasteiger partial charge is 0.326 e. The molecule has 0 bridgehead atoms. The SMILES string of the molecule is NCc1cccc2c1Cc1c-2[nH]c(=O)c2nccn12. The fourth-order valence-corrected chi connectivity index (χ4v) is 2.88. The number of nitrogens with zero attached hydrogens (tertiary/aromatic N) is 2. The van der Waals surface area contributed by atoms with Crippen molar-refractivity contribution in [1.82, 2.24) is 14.4 Å². The zero-order valence-corrected chi connectivity index (χ0v) is 10.2. The van der Waals surface area contributed by atoms with Crippen LogP contribution in [0, 0.1) is 0 Å². The number of aromatic nitrogens is 3. The fraction of sp³-hybridized carbons (Fsp3) is 0.143. The van der Waals surface area contributed by atoms with Crippen molar-refractivity contribution < 1.29 is 0 Å². The lowest BCUT2D eigenvalue weighted by Gasteiger charge is -2.04. The van der Waals surface area contributed by atoms with Crippen molar-refractivity contribution in [3.63, 3.8) is 0 Å². The van der Waals surface area contributed by atoms with Gasteiger partial charge in [-0.3, -0.25) is 9.20 Å². The maximum absolute atomic E-state index is 12.0. The van der Waals surface area contributed by atoms with Gasteiger partial charge in [-0.1, -0.05) is 18.2 Å². The van der Waals surface area contributed by atoms with Crippen LogP contribution in [0.4, 0.5) is 0 Å². The first-order valence-corrected chi connectivity index (χ1v) is 6.19. The summed E-state index contributed by atoms with van der Waals surface area (Å²) in [5.74, 6) is 0. The molecule has 0 amide bonds. The highest BCUT2D eigenvalue weighted by molar-refractivity contribution is 5.74. The van der Waals surface area contributed by atoms with Crippen molar-refractivity contribution in [2.45, 2.75) is 13.0 Å². The van der Waals surface area contributed by atoms with Crippen molar-refractivity contribution in [2.24, 2.45) is 5.73 Å². The zero-order chi connectivity index (χ0) is 13.0. The van der Waals surface area contributed by atoms with Crippen LogP contribution in [0.2, 0.25) is 0 Å². The van der Waals surface area contributed by atoms with E-state index in [1.165, 1.54) is 5.56 Å². The monoisotopic (exact) mass is 252 g/mol. The Kier molecular flexibility index (Phi) is 1.97. The van der Waals surface area contributed by atoms with Crippen LogP contribution < -0.4 is 11.3 Å². The maximum Gasteiger partial charge on any atom is 0.292 e. The molecule has 2 aromatic heterocycles. The summed E-state index contributed by atoms with van der Waals surface area (Å²) in [6.07, 6.45) is 4.26. The molecule has 0 aliphatic heterocycles. The van der Waals surface area contributed by atoms with Crippen molar-refractivity contribution in [2.75, 3.05) is 0 Å². The van der Waals surface area contributed by atoms with Gasteiger partial charge in [0, 0.05) is 30.9 Å². The Hall–Kier alpha value is -2.40. The van der Waals surface area contributed by atoms with Crippen molar-refractivity contribution >= 4 is 5.65 Å². The van der Waals surface area contributed by atoms with Crippen LogP contribution in [0.25, 0.3) is 16.9 Å². The van der Waals surface area contributed by atoms with Gasteiger partial charge in [0.15, 0.2) is 0 Å². The first-order chi connectivity index (χ1) is 9.29. The average molecular weight is 252 g/mol. The van der Waals surface area contributed by atoms with Gasteiger partial charge in [-0.05, 0) is 11.1 Å². The molecule has 5 nitrogen and oxygen atoms in total. The summed E-state index contributed by atoms with van der Waals surface area (Å²) >= 11 is 0. The minimum Gasteiger partial charge on any atom is -0.326 e. The highest BCUT2D eigenvalue weighted by Gasteiger charge is 2.24. The number of benzene rings is 1. The van der Waals surface area contributed by atoms with E-state index in [1.807, 2.05) is 28.8 Å². The number of hydrogen-bond donors (Lipinski definition) is 2. The van der Waals surface area contributed by atoms with Crippen molar-refractivity contribution in [1.29, 1.82) is 0 Å². The van der Waals surface area contributed by atoms with E-state index in [4.69, 9.17) is 5.73 Å². The van der Waals surface area contributed by atoms with E-state index in [9.17, 15) is 4.79 Å². The minimum atomic E-state index is -0.158. The van der Waals surface area contributed by atoms with Crippen LogP contribution in [0.3, 0.4) is 0 Å². The molecule has 94 valence electrons. The molecule has 4 rings (SSSR count). The van der Waals surface area contributed by atoms with E-state index in [2.05, 4.69) is 9.97 Å². The van der Waals surface area contributed by atoms with Crippen LogP contribution in [0.5, 0.6) is 0 Å². The first kappa shape index (κ1) is 10.5.